The summed E-state index contributed by atoms with van der Waals surface area (Å²) < 4.78 is 18.6. The molecule has 1 aliphatic heterocycles. The molecule has 0 atom stereocenters. The summed E-state index contributed by atoms with van der Waals surface area (Å²) >= 11 is 0. The van der Waals surface area contributed by atoms with Crippen molar-refractivity contribution in [3.63, 3.8) is 0 Å². The molecule has 2 aromatic heterocycles. The molecule has 0 saturated heterocycles. The maximum Gasteiger partial charge on any atom is 0.311 e. The molecule has 0 radical (unpaired) electrons. The van der Waals surface area contributed by atoms with E-state index in [1.54, 1.807) is 6.07 Å². The van der Waals surface area contributed by atoms with Gasteiger partial charge >= 0.3 is 6.08 Å². The van der Waals surface area contributed by atoms with Gasteiger partial charge in [-0.15, -0.1) is 0 Å². The van der Waals surface area contributed by atoms with Crippen LogP contribution in [0.25, 0.3) is 10.9 Å². The SMILES string of the molecule is CC.CCC.Cc1cc2nc(F)nc3c2c(n1)OCCN3. The fraction of sp³-hybridized carbons (Fsp3) is 0.533. The predicted octanol–water partition coefficient (Wildman–Crippen LogP) is 3.72. The van der Waals surface area contributed by atoms with Gasteiger partial charge < -0.3 is 10.1 Å². The molecule has 0 unspecified atom stereocenters. The van der Waals surface area contributed by atoms with Crippen LogP contribution in [0.1, 0.15) is 39.8 Å². The van der Waals surface area contributed by atoms with Crippen LogP contribution in [0.3, 0.4) is 0 Å². The van der Waals surface area contributed by atoms with Crippen LogP contribution in [0.4, 0.5) is 10.2 Å². The van der Waals surface area contributed by atoms with E-state index in [9.17, 15) is 4.39 Å². The third-order valence-corrected chi connectivity index (χ3v) is 2.38. The van der Waals surface area contributed by atoms with Crippen molar-refractivity contribution in [2.45, 2.75) is 41.0 Å². The van der Waals surface area contributed by atoms with E-state index in [1.165, 1.54) is 6.42 Å². The fourth-order valence-electron chi connectivity index (χ4n) is 1.76. The number of ether oxygens (including phenoxy) is 1. The number of halogens is 1. The highest BCUT2D eigenvalue weighted by Crippen LogP contribution is 2.30. The summed E-state index contributed by atoms with van der Waals surface area (Å²) in [7, 11) is 0. The third-order valence-electron chi connectivity index (χ3n) is 2.38. The molecule has 116 valence electrons. The highest BCUT2D eigenvalue weighted by atomic mass is 19.1. The number of hydrogen-bond donors (Lipinski definition) is 1. The van der Waals surface area contributed by atoms with Crippen LogP contribution < -0.4 is 10.1 Å². The normalized spacial score (nSPS) is 11.9. The second-order valence-corrected chi connectivity index (χ2v) is 4.29. The van der Waals surface area contributed by atoms with Crippen LogP contribution in [0, 0.1) is 13.0 Å². The number of hydrogen-bond acceptors (Lipinski definition) is 5. The second kappa shape index (κ2) is 8.34. The van der Waals surface area contributed by atoms with E-state index >= 15 is 0 Å². The van der Waals surface area contributed by atoms with E-state index in [-0.39, 0.29) is 0 Å². The van der Waals surface area contributed by atoms with Gasteiger partial charge in [-0.05, 0) is 13.0 Å². The molecular formula is C15H23FN4O. The van der Waals surface area contributed by atoms with Crippen molar-refractivity contribution in [1.82, 2.24) is 15.0 Å². The fourth-order valence-corrected chi connectivity index (χ4v) is 1.76. The molecule has 3 rings (SSSR count). The van der Waals surface area contributed by atoms with E-state index in [0.29, 0.717) is 35.8 Å². The molecule has 0 fully saturated rings. The van der Waals surface area contributed by atoms with Gasteiger partial charge in [0.25, 0.3) is 0 Å². The summed E-state index contributed by atoms with van der Waals surface area (Å²) in [5.41, 5.74) is 1.26. The lowest BCUT2D eigenvalue weighted by molar-refractivity contribution is 0.326. The third kappa shape index (κ3) is 4.24. The quantitative estimate of drug-likeness (QED) is 0.750. The summed E-state index contributed by atoms with van der Waals surface area (Å²) in [5, 5.41) is 3.64. The predicted molar refractivity (Wildman–Crippen MR) is 83.3 cm³/mol. The highest BCUT2D eigenvalue weighted by Gasteiger charge is 2.17. The Morgan fingerprint density at radius 2 is 1.90 bits per heavy atom. The van der Waals surface area contributed by atoms with Crippen molar-refractivity contribution in [3.05, 3.63) is 17.8 Å². The minimum absolute atomic E-state index is 0.447. The van der Waals surface area contributed by atoms with Gasteiger partial charge in [0.15, 0.2) is 0 Å². The first-order valence-electron chi connectivity index (χ1n) is 7.37. The lowest BCUT2D eigenvalue weighted by Gasteiger charge is -2.06. The Kier molecular flexibility index (Phi) is 6.78. The average Bonchev–Trinajstić information content (AvgIpc) is 2.64. The lowest BCUT2D eigenvalue weighted by atomic mass is 10.2. The molecule has 2 aromatic rings. The number of nitrogens with zero attached hydrogens (tertiary/aromatic N) is 3. The Balaban J connectivity index is 0.000000395. The van der Waals surface area contributed by atoms with Crippen molar-refractivity contribution >= 4 is 16.7 Å². The van der Waals surface area contributed by atoms with Crippen LogP contribution in [0.5, 0.6) is 5.88 Å². The monoisotopic (exact) mass is 294 g/mol. The molecular weight excluding hydrogens is 271 g/mol. The van der Waals surface area contributed by atoms with E-state index in [1.807, 2.05) is 20.8 Å². The Morgan fingerprint density at radius 3 is 2.57 bits per heavy atom. The van der Waals surface area contributed by atoms with Crippen molar-refractivity contribution < 1.29 is 9.13 Å². The molecule has 3 heterocycles. The smallest absolute Gasteiger partial charge is 0.311 e. The minimum atomic E-state index is -0.742. The van der Waals surface area contributed by atoms with Crippen molar-refractivity contribution in [1.29, 1.82) is 0 Å². The molecule has 0 amide bonds. The first-order chi connectivity index (χ1) is 10.2. The van der Waals surface area contributed by atoms with Gasteiger partial charge in [-0.2, -0.15) is 9.37 Å². The largest absolute Gasteiger partial charge is 0.475 e. The number of pyridine rings is 1. The maximum atomic E-state index is 13.2. The molecule has 0 bridgehead atoms. The van der Waals surface area contributed by atoms with Crippen LogP contribution in [-0.4, -0.2) is 28.1 Å². The number of rotatable bonds is 0. The molecule has 6 heteroatoms. The molecule has 21 heavy (non-hydrogen) atoms. The summed E-state index contributed by atoms with van der Waals surface area (Å²) in [5.74, 6) is 0.914. The van der Waals surface area contributed by atoms with E-state index < -0.39 is 6.08 Å². The Bertz CT molecular complexity index is 543. The van der Waals surface area contributed by atoms with Crippen LogP contribution in [0.15, 0.2) is 6.07 Å². The molecule has 1 N–H and O–H groups in total. The Morgan fingerprint density at radius 1 is 1.24 bits per heavy atom. The number of anilines is 1. The summed E-state index contributed by atoms with van der Waals surface area (Å²) in [6.45, 7) is 11.1. The summed E-state index contributed by atoms with van der Waals surface area (Å²) in [6.07, 6.45) is 0.508. The zero-order chi connectivity index (χ0) is 15.8. The molecule has 5 nitrogen and oxygen atoms in total. The van der Waals surface area contributed by atoms with Crippen molar-refractivity contribution in [3.8, 4) is 5.88 Å². The van der Waals surface area contributed by atoms with Gasteiger partial charge in [-0.3, -0.25) is 0 Å². The topological polar surface area (TPSA) is 59.9 Å². The summed E-state index contributed by atoms with van der Waals surface area (Å²) in [6, 6.07) is 1.71. The zero-order valence-electron chi connectivity index (χ0n) is 13.3. The van der Waals surface area contributed by atoms with Gasteiger partial charge in [0.05, 0.1) is 12.1 Å². The summed E-state index contributed by atoms with van der Waals surface area (Å²) in [4.78, 5) is 11.7. The van der Waals surface area contributed by atoms with Crippen LogP contribution in [0.2, 0.25) is 0 Å². The van der Waals surface area contributed by atoms with E-state index in [0.717, 1.165) is 5.69 Å². The lowest BCUT2D eigenvalue weighted by Crippen LogP contribution is -2.09. The van der Waals surface area contributed by atoms with Gasteiger partial charge in [-0.25, -0.2) is 9.97 Å². The molecule has 0 saturated carbocycles. The van der Waals surface area contributed by atoms with Crippen LogP contribution >= 0.6 is 0 Å². The first kappa shape index (κ1) is 17.1. The second-order valence-electron chi connectivity index (χ2n) is 4.29. The molecule has 1 aliphatic rings. The van der Waals surface area contributed by atoms with Gasteiger partial charge in [-0.1, -0.05) is 34.1 Å². The number of aromatic nitrogens is 3. The molecule has 0 spiro atoms. The molecule has 0 aliphatic carbocycles. The Hall–Kier alpha value is -1.98. The number of aryl methyl sites for hydroxylation is 1. The maximum absolute atomic E-state index is 13.2. The van der Waals surface area contributed by atoms with Gasteiger partial charge in [0.1, 0.15) is 17.8 Å². The first-order valence-corrected chi connectivity index (χ1v) is 7.37. The standard InChI is InChI=1S/C10H9FN4O.C3H8.C2H6/c1-5-4-6-7-8(15-10(11)14-6)12-2-3-16-9(7)13-5;1-3-2;1-2/h4H,2-3H2,1H3,(H,12,14,15);3H2,1-2H3;1-2H3. The van der Waals surface area contributed by atoms with Gasteiger partial charge in [0.2, 0.25) is 5.88 Å². The minimum Gasteiger partial charge on any atom is -0.475 e. The number of nitrogens with one attached hydrogen (secondary N) is 1. The molecule has 0 aromatic carbocycles. The zero-order valence-corrected chi connectivity index (χ0v) is 13.3. The van der Waals surface area contributed by atoms with Crippen molar-refractivity contribution in [2.75, 3.05) is 18.5 Å². The van der Waals surface area contributed by atoms with Crippen molar-refractivity contribution in [2.24, 2.45) is 0 Å². The van der Waals surface area contributed by atoms with E-state index in [4.69, 9.17) is 4.74 Å². The van der Waals surface area contributed by atoms with Crippen LogP contribution in [-0.2, 0) is 0 Å². The van der Waals surface area contributed by atoms with Gasteiger partial charge in [0, 0.05) is 5.69 Å². The highest BCUT2D eigenvalue weighted by molar-refractivity contribution is 5.93. The average molecular weight is 294 g/mol. The van der Waals surface area contributed by atoms with E-state index in [2.05, 4.69) is 34.1 Å². The Labute approximate surface area is 125 Å².